The Kier molecular flexibility index (Phi) is 8.34. The van der Waals surface area contributed by atoms with E-state index in [0.29, 0.717) is 23.7 Å². The highest BCUT2D eigenvalue weighted by molar-refractivity contribution is 5.91. The van der Waals surface area contributed by atoms with Crippen molar-refractivity contribution in [3.05, 3.63) is 47.2 Å². The van der Waals surface area contributed by atoms with Crippen molar-refractivity contribution in [3.8, 4) is 23.0 Å². The van der Waals surface area contributed by atoms with Crippen LogP contribution in [0.4, 0.5) is 0 Å². The van der Waals surface area contributed by atoms with E-state index in [1.54, 1.807) is 26.4 Å². The number of carbonyl (C=O) groups excluding carboxylic acids is 2. The second-order valence-corrected chi connectivity index (χ2v) is 11.8. The van der Waals surface area contributed by atoms with Crippen LogP contribution in [0.2, 0.25) is 0 Å². The zero-order valence-electron chi connectivity index (χ0n) is 26.1. The number of rotatable bonds is 8. The third-order valence-corrected chi connectivity index (χ3v) is 9.94. The highest BCUT2D eigenvalue weighted by atomic mass is 16.6. The summed E-state index contributed by atoms with van der Waals surface area (Å²) in [6.45, 7) is 1.85. The Hall–Kier alpha value is -3.96. The predicted molar refractivity (Wildman–Crippen MR) is 160 cm³/mol. The molecule has 0 spiro atoms. The molecule has 2 aliphatic heterocycles. The molecule has 6 rings (SSSR count). The Balaban J connectivity index is 1.29. The van der Waals surface area contributed by atoms with Gasteiger partial charge in [0.05, 0.1) is 65.8 Å². The van der Waals surface area contributed by atoms with E-state index in [4.69, 9.17) is 33.2 Å². The van der Waals surface area contributed by atoms with Gasteiger partial charge in [0.25, 0.3) is 0 Å². The summed E-state index contributed by atoms with van der Waals surface area (Å²) in [6.07, 6.45) is 1.04. The summed E-state index contributed by atoms with van der Waals surface area (Å²) in [5, 5.41) is 1.23. The quantitative estimate of drug-likeness (QED) is 0.372. The average molecular weight is 610 g/mol. The molecule has 44 heavy (non-hydrogen) atoms. The number of H-pyrrole nitrogens is 1. The molecule has 2 fully saturated rings. The second kappa shape index (κ2) is 12.2. The first-order valence-corrected chi connectivity index (χ1v) is 15.0. The molecule has 236 valence electrons. The number of benzene rings is 2. The van der Waals surface area contributed by atoms with E-state index < -0.39 is 24.1 Å². The number of hydrogen-bond donors (Lipinski definition) is 2. The van der Waals surface area contributed by atoms with Crippen LogP contribution in [0, 0.1) is 17.8 Å². The van der Waals surface area contributed by atoms with Crippen molar-refractivity contribution in [1.29, 1.82) is 0 Å². The van der Waals surface area contributed by atoms with Gasteiger partial charge in [0.15, 0.2) is 11.5 Å². The first kappa shape index (κ1) is 30.1. The van der Waals surface area contributed by atoms with Crippen molar-refractivity contribution < 1.29 is 47.6 Å². The molecule has 2 N–H and O–H groups in total. The predicted octanol–water partition coefficient (Wildman–Crippen LogP) is 2.75. The molecule has 0 bridgehead atoms. The lowest BCUT2D eigenvalue weighted by Gasteiger charge is -2.50. The third kappa shape index (κ3) is 5.01. The summed E-state index contributed by atoms with van der Waals surface area (Å²) >= 11 is 0. The normalized spacial score (nSPS) is 27.4. The Labute approximate surface area is 256 Å². The standard InChI is InChI=1S/C33H40N2O9/c1-38-19-7-8-20-21-9-10-35-16-18-13-27(44-32(36)17-11-25(39-2)30(41-4)26(12-17)40-3)31(42-5)28(33(37)43-6)22(18)15-24(35)29(21)34-23(20)14-19/h7-8,11-12,14,18,22,24,27-28,31,34H,9-10,13,15-16H2,1-6H3/p+1/t18-,22-,24-,27-,28+,31+/m1/s1. The molecule has 0 radical (unpaired) electrons. The molecule has 0 amide bonds. The minimum absolute atomic E-state index is 0.00387. The Morgan fingerprint density at radius 1 is 0.909 bits per heavy atom. The number of aromatic amines is 1. The van der Waals surface area contributed by atoms with Gasteiger partial charge in [-0.3, -0.25) is 4.79 Å². The number of fused-ring (bicyclic) bond motifs is 6. The summed E-state index contributed by atoms with van der Waals surface area (Å²) in [7, 11) is 9.12. The van der Waals surface area contributed by atoms with E-state index in [1.807, 2.05) is 12.1 Å². The van der Waals surface area contributed by atoms with E-state index in [0.717, 1.165) is 37.2 Å². The Morgan fingerprint density at radius 3 is 2.30 bits per heavy atom. The lowest BCUT2D eigenvalue weighted by atomic mass is 9.63. The number of ether oxygens (including phenoxy) is 7. The number of hydrogen-bond acceptors (Lipinski definition) is 9. The van der Waals surface area contributed by atoms with Gasteiger partial charge in [-0.05, 0) is 42.2 Å². The van der Waals surface area contributed by atoms with Crippen molar-refractivity contribution in [2.75, 3.05) is 55.7 Å². The summed E-state index contributed by atoms with van der Waals surface area (Å²) < 4.78 is 39.1. The lowest BCUT2D eigenvalue weighted by Crippen LogP contribution is -3.15. The van der Waals surface area contributed by atoms with E-state index in [2.05, 4.69) is 11.1 Å². The van der Waals surface area contributed by atoms with E-state index >= 15 is 0 Å². The maximum absolute atomic E-state index is 13.5. The van der Waals surface area contributed by atoms with Gasteiger partial charge in [-0.2, -0.15) is 0 Å². The second-order valence-electron chi connectivity index (χ2n) is 11.8. The zero-order valence-corrected chi connectivity index (χ0v) is 26.1. The van der Waals surface area contributed by atoms with Gasteiger partial charge >= 0.3 is 11.9 Å². The van der Waals surface area contributed by atoms with Gasteiger partial charge < -0.3 is 43.0 Å². The third-order valence-electron chi connectivity index (χ3n) is 9.94. The molecule has 11 heteroatoms. The van der Waals surface area contributed by atoms with Crippen LogP contribution in [0.5, 0.6) is 23.0 Å². The maximum Gasteiger partial charge on any atom is 0.338 e. The number of methoxy groups -OCH3 is 6. The van der Waals surface area contributed by atoms with Gasteiger partial charge in [0.1, 0.15) is 24.0 Å². The highest BCUT2D eigenvalue weighted by Gasteiger charge is 2.56. The molecule has 1 unspecified atom stereocenters. The van der Waals surface area contributed by atoms with Crippen LogP contribution in [0.25, 0.3) is 10.9 Å². The van der Waals surface area contributed by atoms with Gasteiger partial charge in [0.2, 0.25) is 5.75 Å². The number of carbonyl (C=O) groups is 2. The van der Waals surface area contributed by atoms with Gasteiger partial charge in [-0.1, -0.05) is 0 Å². The summed E-state index contributed by atoms with van der Waals surface area (Å²) in [4.78, 5) is 32.2. The Bertz CT molecular complexity index is 1530. The van der Waals surface area contributed by atoms with Crippen molar-refractivity contribution in [2.24, 2.45) is 17.8 Å². The largest absolute Gasteiger partial charge is 0.497 e. The van der Waals surface area contributed by atoms with E-state index in [1.165, 1.54) is 50.0 Å². The molecule has 1 aliphatic carbocycles. The van der Waals surface area contributed by atoms with Crippen molar-refractivity contribution in [3.63, 3.8) is 0 Å². The van der Waals surface area contributed by atoms with Crippen LogP contribution in [0.15, 0.2) is 30.3 Å². The molecular formula is C33H41N2O9+. The van der Waals surface area contributed by atoms with E-state index in [9.17, 15) is 9.59 Å². The maximum atomic E-state index is 13.5. The van der Waals surface area contributed by atoms with E-state index in [-0.39, 0.29) is 29.4 Å². The minimum Gasteiger partial charge on any atom is -0.497 e. The lowest BCUT2D eigenvalue weighted by molar-refractivity contribution is -0.945. The summed E-state index contributed by atoms with van der Waals surface area (Å²) in [5.74, 6) is 0.544. The fourth-order valence-corrected chi connectivity index (χ4v) is 7.96. The summed E-state index contributed by atoms with van der Waals surface area (Å²) in [6, 6.07) is 9.51. The van der Waals surface area contributed by atoms with Crippen LogP contribution in [0.3, 0.4) is 0 Å². The van der Waals surface area contributed by atoms with Gasteiger partial charge in [-0.25, -0.2) is 4.79 Å². The number of piperidine rings is 1. The molecule has 3 aromatic rings. The van der Waals surface area contributed by atoms with Crippen LogP contribution in [0.1, 0.15) is 40.5 Å². The molecule has 3 aliphatic rings. The smallest absolute Gasteiger partial charge is 0.338 e. The summed E-state index contributed by atoms with van der Waals surface area (Å²) in [5.41, 5.74) is 3.90. The fraction of sp³-hybridized carbons (Fsp3) is 0.515. The van der Waals surface area contributed by atoms with Gasteiger partial charge in [0, 0.05) is 42.8 Å². The van der Waals surface area contributed by atoms with Crippen LogP contribution < -0.4 is 23.8 Å². The molecular weight excluding hydrogens is 568 g/mol. The molecule has 1 saturated heterocycles. The van der Waals surface area contributed by atoms with Gasteiger partial charge in [-0.15, -0.1) is 0 Å². The number of esters is 2. The Morgan fingerprint density at radius 2 is 1.66 bits per heavy atom. The van der Waals surface area contributed by atoms with Crippen molar-refractivity contribution in [1.82, 2.24) is 4.98 Å². The first-order valence-electron chi connectivity index (χ1n) is 15.0. The van der Waals surface area contributed by atoms with Crippen LogP contribution >= 0.6 is 0 Å². The molecule has 2 aromatic carbocycles. The topological polar surface area (TPSA) is 119 Å². The highest BCUT2D eigenvalue weighted by Crippen LogP contribution is 2.46. The average Bonchev–Trinajstić information content (AvgIpc) is 3.43. The fourth-order valence-electron chi connectivity index (χ4n) is 7.96. The first-order chi connectivity index (χ1) is 21.3. The number of quaternary nitrogens is 1. The van der Waals surface area contributed by atoms with Crippen molar-refractivity contribution in [2.45, 2.75) is 37.5 Å². The molecule has 11 nitrogen and oxygen atoms in total. The molecule has 7 atom stereocenters. The molecule has 1 aromatic heterocycles. The van der Waals surface area contributed by atoms with Crippen molar-refractivity contribution >= 4 is 22.8 Å². The SMILES string of the molecule is COC(=O)[C@H]1[C@@H]2C[C@@H]3c4[nH]c5cc(OC)ccc5c4CC[NH+]3C[C@H]2C[C@@H](OC(=O)c2cc(OC)c(OC)c(OC)c2)[C@@H]1OC. The van der Waals surface area contributed by atoms with Crippen LogP contribution in [-0.4, -0.2) is 84.9 Å². The zero-order chi connectivity index (χ0) is 31.1. The number of nitrogens with one attached hydrogen (secondary N) is 2. The van der Waals surface area contributed by atoms with Crippen LogP contribution in [-0.2, 0) is 25.4 Å². The molecule has 1 saturated carbocycles. The monoisotopic (exact) mass is 609 g/mol. The number of aromatic nitrogens is 1. The minimum atomic E-state index is -0.661. The molecule has 3 heterocycles.